The number of hydrogen-bond donors (Lipinski definition) is 0. The number of aliphatic imine (C=N–C) groups is 1. The van der Waals surface area contributed by atoms with Crippen LogP contribution in [0.15, 0.2) is 82.3 Å². The number of cyclic esters (lactones) is 1. The maximum atomic E-state index is 12.6. The van der Waals surface area contributed by atoms with E-state index in [0.717, 1.165) is 11.6 Å². The van der Waals surface area contributed by atoms with E-state index in [1.807, 2.05) is 19.1 Å². The van der Waals surface area contributed by atoms with E-state index in [9.17, 15) is 23.3 Å². The number of rotatable bonds is 6. The summed E-state index contributed by atoms with van der Waals surface area (Å²) < 4.78 is 35.4. The molecular weight excluding hydrogens is 460 g/mol. The highest BCUT2D eigenvalue weighted by Gasteiger charge is 2.24. The summed E-state index contributed by atoms with van der Waals surface area (Å²) in [6.45, 7) is 3.46. The third-order valence-electron chi connectivity index (χ3n) is 4.97. The highest BCUT2D eigenvalue weighted by Crippen LogP contribution is 2.26. The number of carbonyl (C=O) groups excluding carboxylic acids is 1. The Bertz CT molecular complexity index is 1460. The van der Waals surface area contributed by atoms with E-state index < -0.39 is 21.0 Å². The Hall–Kier alpha value is -4.31. The van der Waals surface area contributed by atoms with Gasteiger partial charge < -0.3 is 8.92 Å². The summed E-state index contributed by atoms with van der Waals surface area (Å²) in [5.74, 6) is -0.392. The molecule has 0 spiro atoms. The maximum Gasteiger partial charge on any atom is 0.363 e. The van der Waals surface area contributed by atoms with Crippen molar-refractivity contribution in [3.8, 4) is 5.75 Å². The molecule has 10 heteroatoms. The molecular formula is C24H18N2O7S. The number of ether oxygens (including phenoxy) is 1. The summed E-state index contributed by atoms with van der Waals surface area (Å²) in [7, 11) is -4.29. The second kappa shape index (κ2) is 8.91. The van der Waals surface area contributed by atoms with E-state index in [0.29, 0.717) is 16.7 Å². The summed E-state index contributed by atoms with van der Waals surface area (Å²) in [5, 5.41) is 11.1. The van der Waals surface area contributed by atoms with Gasteiger partial charge in [0.05, 0.1) is 4.92 Å². The molecule has 9 nitrogen and oxygen atoms in total. The summed E-state index contributed by atoms with van der Waals surface area (Å²) in [6, 6.07) is 16.8. The molecule has 3 aromatic carbocycles. The topological polar surface area (TPSA) is 125 Å². The molecule has 172 valence electrons. The second-order valence-corrected chi connectivity index (χ2v) is 9.06. The molecule has 0 atom stereocenters. The Morgan fingerprint density at radius 2 is 1.68 bits per heavy atom. The Labute approximate surface area is 195 Å². The fraction of sp³-hybridized carbons (Fsp3) is 0.0833. The van der Waals surface area contributed by atoms with Crippen LogP contribution in [-0.2, 0) is 19.6 Å². The zero-order valence-corrected chi connectivity index (χ0v) is 18.9. The van der Waals surface area contributed by atoms with Crippen LogP contribution in [0.2, 0.25) is 0 Å². The van der Waals surface area contributed by atoms with E-state index in [1.165, 1.54) is 37.3 Å². The van der Waals surface area contributed by atoms with Gasteiger partial charge in [-0.15, -0.1) is 0 Å². The number of nitro groups is 1. The third kappa shape index (κ3) is 4.86. The minimum absolute atomic E-state index is 0.00298. The fourth-order valence-corrected chi connectivity index (χ4v) is 4.07. The van der Waals surface area contributed by atoms with Gasteiger partial charge in [-0.1, -0.05) is 35.9 Å². The molecule has 0 amide bonds. The first kappa shape index (κ1) is 22.9. The van der Waals surface area contributed by atoms with Gasteiger partial charge in [0.25, 0.3) is 5.69 Å². The number of esters is 1. The lowest BCUT2D eigenvalue weighted by molar-refractivity contribution is -0.385. The van der Waals surface area contributed by atoms with Crippen molar-refractivity contribution in [2.24, 2.45) is 4.99 Å². The Morgan fingerprint density at radius 3 is 2.32 bits per heavy atom. The van der Waals surface area contributed by atoms with Crippen molar-refractivity contribution in [3.05, 3.63) is 105 Å². The van der Waals surface area contributed by atoms with E-state index in [4.69, 9.17) is 8.92 Å². The van der Waals surface area contributed by atoms with Crippen molar-refractivity contribution in [1.82, 2.24) is 0 Å². The van der Waals surface area contributed by atoms with Crippen LogP contribution < -0.4 is 4.18 Å². The molecule has 0 bridgehead atoms. The lowest BCUT2D eigenvalue weighted by atomic mass is 10.1. The predicted molar refractivity (Wildman–Crippen MR) is 124 cm³/mol. The first-order chi connectivity index (χ1) is 16.1. The van der Waals surface area contributed by atoms with Gasteiger partial charge in [0.15, 0.2) is 5.70 Å². The SMILES string of the molecule is Cc1ccc(C2=NC(=Cc3ccc(OS(=O)(=O)c4ccc(C)c([N+](=O)[O-])c4)cc3)C(=O)O2)cc1. The van der Waals surface area contributed by atoms with Crippen LogP contribution in [0.4, 0.5) is 5.69 Å². The average molecular weight is 478 g/mol. The minimum Gasteiger partial charge on any atom is -0.402 e. The number of nitro benzene ring substituents is 1. The molecule has 3 aromatic rings. The van der Waals surface area contributed by atoms with Crippen LogP contribution in [0, 0.1) is 24.0 Å². The smallest absolute Gasteiger partial charge is 0.363 e. The first-order valence-electron chi connectivity index (χ1n) is 10.0. The largest absolute Gasteiger partial charge is 0.402 e. The van der Waals surface area contributed by atoms with Gasteiger partial charge in [-0.2, -0.15) is 8.42 Å². The minimum atomic E-state index is -4.29. The number of carbonyl (C=O) groups is 1. The van der Waals surface area contributed by atoms with Gasteiger partial charge >= 0.3 is 16.1 Å². The number of nitrogens with zero attached hydrogens (tertiary/aromatic N) is 2. The fourth-order valence-electron chi connectivity index (χ4n) is 3.12. The van der Waals surface area contributed by atoms with Crippen molar-refractivity contribution in [2.75, 3.05) is 0 Å². The molecule has 0 aliphatic carbocycles. The van der Waals surface area contributed by atoms with Crippen LogP contribution in [-0.4, -0.2) is 25.2 Å². The van der Waals surface area contributed by atoms with Crippen molar-refractivity contribution in [2.45, 2.75) is 18.7 Å². The van der Waals surface area contributed by atoms with Crippen LogP contribution in [0.5, 0.6) is 5.75 Å². The molecule has 0 unspecified atom stereocenters. The van der Waals surface area contributed by atoms with Crippen LogP contribution in [0.1, 0.15) is 22.3 Å². The number of hydrogen-bond acceptors (Lipinski definition) is 8. The molecule has 0 aromatic heterocycles. The highest BCUT2D eigenvalue weighted by molar-refractivity contribution is 7.87. The molecule has 0 N–H and O–H groups in total. The first-order valence-corrected chi connectivity index (χ1v) is 11.4. The van der Waals surface area contributed by atoms with Gasteiger partial charge in [0, 0.05) is 17.2 Å². The van der Waals surface area contributed by atoms with Gasteiger partial charge in [0.2, 0.25) is 5.90 Å². The van der Waals surface area contributed by atoms with Crippen molar-refractivity contribution in [3.63, 3.8) is 0 Å². The molecule has 0 saturated carbocycles. The van der Waals surface area contributed by atoms with E-state index in [-0.39, 0.29) is 27.9 Å². The predicted octanol–water partition coefficient (Wildman–Crippen LogP) is 4.32. The summed E-state index contributed by atoms with van der Waals surface area (Å²) >= 11 is 0. The lowest BCUT2D eigenvalue weighted by Gasteiger charge is -2.08. The zero-order chi connectivity index (χ0) is 24.5. The third-order valence-corrected chi connectivity index (χ3v) is 6.22. The van der Waals surface area contributed by atoms with E-state index >= 15 is 0 Å². The molecule has 4 rings (SSSR count). The zero-order valence-electron chi connectivity index (χ0n) is 18.1. The normalized spacial score (nSPS) is 14.6. The van der Waals surface area contributed by atoms with Crippen molar-refractivity contribution >= 4 is 33.7 Å². The molecule has 1 aliphatic rings. The summed E-state index contributed by atoms with van der Waals surface area (Å²) in [5.41, 5.74) is 2.42. The maximum absolute atomic E-state index is 12.6. The highest BCUT2D eigenvalue weighted by atomic mass is 32.2. The Kier molecular flexibility index (Phi) is 5.99. The Balaban J connectivity index is 1.53. The average Bonchev–Trinajstić information content (AvgIpc) is 3.15. The monoisotopic (exact) mass is 478 g/mol. The van der Waals surface area contributed by atoms with Gasteiger partial charge in [-0.3, -0.25) is 10.1 Å². The molecule has 1 aliphatic heterocycles. The molecule has 0 fully saturated rings. The molecule has 0 radical (unpaired) electrons. The second-order valence-electron chi connectivity index (χ2n) is 7.51. The van der Waals surface area contributed by atoms with Crippen LogP contribution >= 0.6 is 0 Å². The summed E-state index contributed by atoms with van der Waals surface area (Å²) in [6.07, 6.45) is 1.51. The molecule has 1 heterocycles. The van der Waals surface area contributed by atoms with Gasteiger partial charge in [0.1, 0.15) is 10.6 Å². The number of aryl methyl sites for hydroxylation is 2. The van der Waals surface area contributed by atoms with Crippen molar-refractivity contribution in [1.29, 1.82) is 0 Å². The van der Waals surface area contributed by atoms with E-state index in [2.05, 4.69) is 4.99 Å². The van der Waals surface area contributed by atoms with E-state index in [1.54, 1.807) is 24.3 Å². The van der Waals surface area contributed by atoms with Gasteiger partial charge in [-0.25, -0.2) is 9.79 Å². The number of benzene rings is 3. The standard InChI is InChI=1S/C24H18N2O7S/c1-15-3-8-18(9-4-15)23-25-21(24(27)32-23)13-17-6-10-19(11-7-17)33-34(30,31)20-12-5-16(2)22(14-20)26(28)29/h3-14H,1-2H3. The molecule has 0 saturated heterocycles. The summed E-state index contributed by atoms with van der Waals surface area (Å²) in [4.78, 5) is 26.5. The quantitative estimate of drug-likeness (QED) is 0.170. The molecule has 34 heavy (non-hydrogen) atoms. The van der Waals surface area contributed by atoms with Crippen LogP contribution in [0.3, 0.4) is 0 Å². The lowest BCUT2D eigenvalue weighted by Crippen LogP contribution is -2.10. The van der Waals surface area contributed by atoms with Crippen molar-refractivity contribution < 1.29 is 27.1 Å². The van der Waals surface area contributed by atoms with Gasteiger partial charge in [-0.05, 0) is 55.8 Å². The Morgan fingerprint density at radius 1 is 1.00 bits per heavy atom. The van der Waals surface area contributed by atoms with Crippen LogP contribution in [0.25, 0.3) is 6.08 Å².